The van der Waals surface area contributed by atoms with E-state index in [0.717, 1.165) is 0 Å². The molecule has 11 nitrogen and oxygen atoms in total. The predicted octanol–water partition coefficient (Wildman–Crippen LogP) is 5.16. The molecule has 0 spiro atoms. The van der Waals surface area contributed by atoms with Crippen molar-refractivity contribution in [1.29, 1.82) is 0 Å². The Labute approximate surface area is 257 Å². The Balaban J connectivity index is 1.28. The molecule has 3 heterocycles. The number of carbonyl (C=O) groups excluding carboxylic acids is 2. The van der Waals surface area contributed by atoms with Gasteiger partial charge in [0.2, 0.25) is 0 Å². The van der Waals surface area contributed by atoms with Gasteiger partial charge in [0.05, 0.1) is 30.6 Å². The number of nitrogens with zero attached hydrogens (tertiary/aromatic N) is 6. The van der Waals surface area contributed by atoms with Gasteiger partial charge in [0, 0.05) is 73.8 Å². The summed E-state index contributed by atoms with van der Waals surface area (Å²) in [7, 11) is 5.05. The number of morpholine rings is 1. The maximum Gasteiger partial charge on any atom is 0.323 e. The molecule has 13 heteroatoms. The van der Waals surface area contributed by atoms with Crippen molar-refractivity contribution in [2.75, 3.05) is 55.9 Å². The van der Waals surface area contributed by atoms with E-state index >= 15 is 8.78 Å². The lowest BCUT2D eigenvalue weighted by Crippen LogP contribution is -2.37. The molecule has 1 aliphatic rings. The fourth-order valence-electron chi connectivity index (χ4n) is 5.05. The Hall–Kier alpha value is -5.43. The number of benzene rings is 3. The first-order valence-corrected chi connectivity index (χ1v) is 14.2. The summed E-state index contributed by atoms with van der Waals surface area (Å²) in [5.41, 5.74) is 2.66. The lowest BCUT2D eigenvalue weighted by molar-refractivity contribution is 0.0827. The van der Waals surface area contributed by atoms with E-state index in [1.54, 1.807) is 74.6 Å². The number of anilines is 3. The van der Waals surface area contributed by atoms with Gasteiger partial charge in [-0.3, -0.25) is 9.48 Å². The number of halogens is 2. The number of amides is 3. The monoisotopic (exact) mass is 612 g/mol. The van der Waals surface area contributed by atoms with Crippen molar-refractivity contribution < 1.29 is 23.1 Å². The molecule has 0 unspecified atom stereocenters. The van der Waals surface area contributed by atoms with Gasteiger partial charge in [0.25, 0.3) is 5.91 Å². The van der Waals surface area contributed by atoms with Crippen molar-refractivity contribution in [2.24, 2.45) is 7.05 Å². The fraction of sp³-hybridized carbons (Fsp3) is 0.219. The molecule has 3 amide bonds. The van der Waals surface area contributed by atoms with Crippen LogP contribution >= 0.6 is 0 Å². The molecule has 1 aliphatic heterocycles. The van der Waals surface area contributed by atoms with Crippen LogP contribution in [0, 0.1) is 11.6 Å². The number of ether oxygens (including phenoxy) is 1. The summed E-state index contributed by atoms with van der Waals surface area (Å²) in [6, 6.07) is 13.1. The smallest absolute Gasteiger partial charge is 0.323 e. The molecule has 0 radical (unpaired) electrons. The van der Waals surface area contributed by atoms with E-state index in [1.165, 1.54) is 23.1 Å². The standard InChI is InChI=1S/C32H30F2N8O3/c1-40(2)31(43)19-4-7-22(8-5-19)36-32(44)38-27-9-6-20(14-26(27)34)29-37-28-16-23(21-17-35-41(3)18-21)25(33)15-24(28)30(39-29)42-10-12-45-13-11-42/h4-9,14-18H,10-13H2,1-3H3,(H2,36,38,44). The molecule has 0 bridgehead atoms. The maximum absolute atomic E-state index is 15.4. The zero-order valence-electron chi connectivity index (χ0n) is 24.8. The van der Waals surface area contributed by atoms with Crippen molar-refractivity contribution in [2.45, 2.75) is 0 Å². The van der Waals surface area contributed by atoms with E-state index in [1.807, 2.05) is 4.90 Å². The zero-order valence-corrected chi connectivity index (χ0v) is 24.8. The summed E-state index contributed by atoms with van der Waals surface area (Å²) in [6.45, 7) is 2.09. The van der Waals surface area contributed by atoms with Crippen LogP contribution in [0.1, 0.15) is 10.4 Å². The van der Waals surface area contributed by atoms with Crippen LogP contribution in [0.25, 0.3) is 33.4 Å². The van der Waals surface area contributed by atoms with Crippen LogP contribution in [0.3, 0.4) is 0 Å². The summed E-state index contributed by atoms with van der Waals surface area (Å²) in [4.78, 5) is 37.6. The van der Waals surface area contributed by atoms with Crippen LogP contribution in [-0.2, 0) is 11.8 Å². The first-order valence-electron chi connectivity index (χ1n) is 14.2. The summed E-state index contributed by atoms with van der Waals surface area (Å²) in [6.07, 6.45) is 3.29. The molecule has 0 saturated carbocycles. The Morgan fingerprint density at radius 2 is 1.67 bits per heavy atom. The lowest BCUT2D eigenvalue weighted by Gasteiger charge is -2.29. The van der Waals surface area contributed by atoms with Gasteiger partial charge in [-0.1, -0.05) is 0 Å². The SMILES string of the molecule is CN(C)C(=O)c1ccc(NC(=O)Nc2ccc(-c3nc(N4CCOCC4)c4cc(F)c(-c5cnn(C)c5)cc4n3)cc2F)cc1. The van der Waals surface area contributed by atoms with Crippen LogP contribution in [0.4, 0.5) is 30.8 Å². The number of hydrogen-bond donors (Lipinski definition) is 2. The molecule has 45 heavy (non-hydrogen) atoms. The normalized spacial score (nSPS) is 13.1. The highest BCUT2D eigenvalue weighted by atomic mass is 19.1. The minimum atomic E-state index is -0.693. The molecule has 2 aromatic heterocycles. The summed E-state index contributed by atoms with van der Waals surface area (Å²) < 4.78 is 37.8. The number of nitrogens with one attached hydrogen (secondary N) is 2. The summed E-state index contributed by atoms with van der Waals surface area (Å²) >= 11 is 0. The number of fused-ring (bicyclic) bond motifs is 1. The molecule has 2 N–H and O–H groups in total. The molecular formula is C32H30F2N8O3. The third kappa shape index (κ3) is 6.29. The molecular weight excluding hydrogens is 582 g/mol. The van der Waals surface area contributed by atoms with Crippen LogP contribution < -0.4 is 15.5 Å². The van der Waals surface area contributed by atoms with Crippen molar-refractivity contribution in [3.8, 4) is 22.5 Å². The van der Waals surface area contributed by atoms with Crippen molar-refractivity contribution in [1.82, 2.24) is 24.6 Å². The quantitative estimate of drug-likeness (QED) is 0.272. The number of hydrogen-bond acceptors (Lipinski definition) is 7. The summed E-state index contributed by atoms with van der Waals surface area (Å²) in [5, 5.41) is 9.82. The summed E-state index contributed by atoms with van der Waals surface area (Å²) in [5.74, 6) is -0.521. The third-order valence-corrected chi connectivity index (χ3v) is 7.36. The van der Waals surface area contributed by atoms with Gasteiger partial charge in [-0.05, 0) is 54.6 Å². The average molecular weight is 613 g/mol. The van der Waals surface area contributed by atoms with E-state index < -0.39 is 17.7 Å². The first kappa shape index (κ1) is 29.6. The van der Waals surface area contributed by atoms with Gasteiger partial charge >= 0.3 is 6.03 Å². The number of rotatable bonds is 6. The Morgan fingerprint density at radius 1 is 0.911 bits per heavy atom. The van der Waals surface area contributed by atoms with Gasteiger partial charge in [0.1, 0.15) is 17.5 Å². The van der Waals surface area contributed by atoms with Crippen LogP contribution in [0.5, 0.6) is 0 Å². The largest absolute Gasteiger partial charge is 0.378 e. The van der Waals surface area contributed by atoms with E-state index in [0.29, 0.717) is 71.0 Å². The van der Waals surface area contributed by atoms with Gasteiger partial charge in [-0.15, -0.1) is 0 Å². The molecule has 5 aromatic rings. The van der Waals surface area contributed by atoms with E-state index in [2.05, 4.69) is 15.7 Å². The van der Waals surface area contributed by atoms with Crippen LogP contribution in [0.2, 0.25) is 0 Å². The van der Waals surface area contributed by atoms with Crippen molar-refractivity contribution in [3.63, 3.8) is 0 Å². The molecule has 230 valence electrons. The van der Waals surface area contributed by atoms with E-state index in [-0.39, 0.29) is 17.4 Å². The molecule has 1 saturated heterocycles. The van der Waals surface area contributed by atoms with Crippen molar-refractivity contribution in [3.05, 3.63) is 84.2 Å². The van der Waals surface area contributed by atoms with Crippen LogP contribution in [0.15, 0.2) is 67.0 Å². The highest BCUT2D eigenvalue weighted by Gasteiger charge is 2.21. The minimum absolute atomic E-state index is 0.0502. The Kier molecular flexibility index (Phi) is 8.09. The molecule has 0 aliphatic carbocycles. The molecule has 6 rings (SSSR count). The zero-order chi connectivity index (χ0) is 31.7. The number of carbonyl (C=O) groups is 2. The molecule has 0 atom stereocenters. The van der Waals surface area contributed by atoms with Gasteiger partial charge in [0.15, 0.2) is 5.82 Å². The number of aryl methyl sites for hydroxylation is 1. The van der Waals surface area contributed by atoms with Gasteiger partial charge in [-0.25, -0.2) is 23.5 Å². The van der Waals surface area contributed by atoms with Crippen LogP contribution in [-0.4, -0.2) is 77.0 Å². The average Bonchev–Trinajstić information content (AvgIpc) is 3.47. The number of urea groups is 1. The molecule has 3 aromatic carbocycles. The first-order chi connectivity index (χ1) is 21.7. The van der Waals surface area contributed by atoms with Gasteiger partial charge in [-0.2, -0.15) is 5.10 Å². The Bertz CT molecular complexity index is 1900. The fourth-order valence-corrected chi connectivity index (χ4v) is 5.05. The van der Waals surface area contributed by atoms with Gasteiger partial charge < -0.3 is 25.2 Å². The van der Waals surface area contributed by atoms with E-state index in [9.17, 15) is 9.59 Å². The van der Waals surface area contributed by atoms with E-state index in [4.69, 9.17) is 14.7 Å². The second kappa shape index (κ2) is 12.3. The topological polar surface area (TPSA) is 118 Å². The second-order valence-corrected chi connectivity index (χ2v) is 10.8. The highest BCUT2D eigenvalue weighted by molar-refractivity contribution is 6.01. The predicted molar refractivity (Wildman–Crippen MR) is 167 cm³/mol. The maximum atomic E-state index is 15.4. The molecule has 1 fully saturated rings. The van der Waals surface area contributed by atoms with Crippen molar-refractivity contribution >= 4 is 40.0 Å². The lowest BCUT2D eigenvalue weighted by atomic mass is 10.1. The highest BCUT2D eigenvalue weighted by Crippen LogP contribution is 2.34. The second-order valence-electron chi connectivity index (χ2n) is 10.8. The third-order valence-electron chi connectivity index (χ3n) is 7.36. The Morgan fingerprint density at radius 3 is 2.33 bits per heavy atom. The number of aromatic nitrogens is 4. The minimum Gasteiger partial charge on any atom is -0.378 e.